The van der Waals surface area contributed by atoms with Crippen LogP contribution in [-0.2, 0) is 14.3 Å². The number of hydrogen-bond donors (Lipinski definition) is 1. The molecule has 0 bridgehead atoms. The fourth-order valence-corrected chi connectivity index (χ4v) is 2.60. The molecule has 2 atom stereocenters. The maximum absolute atomic E-state index is 11.3. The highest BCUT2D eigenvalue weighted by molar-refractivity contribution is 5.76. The summed E-state index contributed by atoms with van der Waals surface area (Å²) in [5, 5.41) is 2.86. The summed E-state index contributed by atoms with van der Waals surface area (Å²) in [6.45, 7) is 12.8. The quantitative estimate of drug-likeness (QED) is 0.626. The molecule has 0 aliphatic carbocycles. The Morgan fingerprint density at radius 2 is 2.09 bits per heavy atom. The first kappa shape index (κ1) is 20.4. The topological polar surface area (TPSA) is 50.8 Å². The summed E-state index contributed by atoms with van der Waals surface area (Å²) in [6, 6.07) is 0. The zero-order valence-corrected chi connectivity index (χ0v) is 15.7. The van der Waals surface area contributed by atoms with Crippen LogP contribution in [0.5, 0.6) is 0 Å². The number of piperidine rings is 1. The standard InChI is InChI=1S/C18H36N2O3/c1-15(22-14-16-7-9-19-17(21)13-16)8-11-20(5)10-6-12-23-18(2,3)4/h15-16H,6-14H2,1-5H3,(H,19,21). The summed E-state index contributed by atoms with van der Waals surface area (Å²) in [4.78, 5) is 13.7. The Kier molecular flexibility index (Phi) is 9.10. The number of hydrogen-bond acceptors (Lipinski definition) is 4. The summed E-state index contributed by atoms with van der Waals surface area (Å²) in [7, 11) is 2.15. The molecule has 5 heteroatoms. The van der Waals surface area contributed by atoms with Crippen LogP contribution in [0.1, 0.15) is 53.4 Å². The number of rotatable bonds is 10. The van der Waals surface area contributed by atoms with Gasteiger partial charge in [0.2, 0.25) is 5.91 Å². The smallest absolute Gasteiger partial charge is 0.220 e. The zero-order chi connectivity index (χ0) is 17.3. The highest BCUT2D eigenvalue weighted by Gasteiger charge is 2.19. The lowest BCUT2D eigenvalue weighted by atomic mass is 9.99. The lowest BCUT2D eigenvalue weighted by Gasteiger charge is -2.25. The summed E-state index contributed by atoms with van der Waals surface area (Å²) >= 11 is 0. The Morgan fingerprint density at radius 1 is 1.35 bits per heavy atom. The van der Waals surface area contributed by atoms with Crippen molar-refractivity contribution in [2.75, 3.05) is 39.9 Å². The number of nitrogens with one attached hydrogen (secondary N) is 1. The van der Waals surface area contributed by atoms with Gasteiger partial charge in [-0.15, -0.1) is 0 Å². The number of carbonyl (C=O) groups excluding carboxylic acids is 1. The SMILES string of the molecule is CC(CCN(C)CCCOC(C)(C)C)OCC1CCNC(=O)C1. The van der Waals surface area contributed by atoms with Crippen LogP contribution in [0.15, 0.2) is 0 Å². The van der Waals surface area contributed by atoms with Gasteiger partial charge in [0.05, 0.1) is 18.3 Å². The predicted molar refractivity (Wildman–Crippen MR) is 93.6 cm³/mol. The molecule has 1 amide bonds. The monoisotopic (exact) mass is 328 g/mol. The van der Waals surface area contributed by atoms with Gasteiger partial charge >= 0.3 is 0 Å². The molecular weight excluding hydrogens is 292 g/mol. The molecule has 1 N–H and O–H groups in total. The molecular formula is C18H36N2O3. The molecule has 0 aromatic carbocycles. The summed E-state index contributed by atoms with van der Waals surface area (Å²) in [6.07, 6.45) is 3.97. The van der Waals surface area contributed by atoms with Crippen molar-refractivity contribution < 1.29 is 14.3 Å². The molecule has 1 aliphatic rings. The van der Waals surface area contributed by atoms with Gasteiger partial charge in [-0.3, -0.25) is 4.79 Å². The molecule has 1 rings (SSSR count). The van der Waals surface area contributed by atoms with E-state index in [1.807, 2.05) is 0 Å². The van der Waals surface area contributed by atoms with Crippen LogP contribution in [0.4, 0.5) is 0 Å². The van der Waals surface area contributed by atoms with Crippen molar-refractivity contribution in [1.82, 2.24) is 10.2 Å². The van der Waals surface area contributed by atoms with Gasteiger partial charge in [-0.2, -0.15) is 0 Å². The van der Waals surface area contributed by atoms with Crippen LogP contribution >= 0.6 is 0 Å². The molecule has 1 fully saturated rings. The largest absolute Gasteiger partial charge is 0.378 e. The second-order valence-corrected chi connectivity index (χ2v) is 7.76. The third-order valence-corrected chi connectivity index (χ3v) is 4.10. The molecule has 1 saturated heterocycles. The van der Waals surface area contributed by atoms with E-state index in [0.717, 1.165) is 45.5 Å². The lowest BCUT2D eigenvalue weighted by Crippen LogP contribution is -2.35. The van der Waals surface area contributed by atoms with Crippen LogP contribution in [0.3, 0.4) is 0 Å². The molecule has 0 aromatic rings. The van der Waals surface area contributed by atoms with Gasteiger partial charge in [0.25, 0.3) is 0 Å². The highest BCUT2D eigenvalue weighted by Crippen LogP contribution is 2.14. The first-order chi connectivity index (χ1) is 10.8. The summed E-state index contributed by atoms with van der Waals surface area (Å²) in [5.41, 5.74) is -0.0447. The van der Waals surface area contributed by atoms with Crippen molar-refractivity contribution in [1.29, 1.82) is 0 Å². The van der Waals surface area contributed by atoms with Gasteiger partial charge < -0.3 is 19.7 Å². The first-order valence-electron chi connectivity index (χ1n) is 8.97. The van der Waals surface area contributed by atoms with Crippen LogP contribution < -0.4 is 5.32 Å². The molecule has 0 saturated carbocycles. The van der Waals surface area contributed by atoms with Gasteiger partial charge in [0, 0.05) is 32.7 Å². The van der Waals surface area contributed by atoms with Gasteiger partial charge in [-0.25, -0.2) is 0 Å². The Labute approximate surface area is 142 Å². The Balaban J connectivity index is 2.03. The zero-order valence-electron chi connectivity index (χ0n) is 15.7. The number of amides is 1. The molecule has 0 aromatic heterocycles. The van der Waals surface area contributed by atoms with E-state index in [1.54, 1.807) is 0 Å². The minimum atomic E-state index is -0.0447. The molecule has 0 spiro atoms. The molecule has 23 heavy (non-hydrogen) atoms. The van der Waals surface area contributed by atoms with Crippen molar-refractivity contribution in [2.24, 2.45) is 5.92 Å². The van der Waals surface area contributed by atoms with E-state index in [4.69, 9.17) is 9.47 Å². The molecule has 136 valence electrons. The number of carbonyl (C=O) groups is 1. The molecule has 2 unspecified atom stereocenters. The molecule has 1 heterocycles. The maximum Gasteiger partial charge on any atom is 0.220 e. The third-order valence-electron chi connectivity index (χ3n) is 4.10. The van der Waals surface area contributed by atoms with Gasteiger partial charge in [-0.05, 0) is 59.9 Å². The normalized spacial score (nSPS) is 20.6. The van der Waals surface area contributed by atoms with Crippen molar-refractivity contribution >= 4 is 5.91 Å². The molecule has 0 radical (unpaired) electrons. The Hall–Kier alpha value is -0.650. The predicted octanol–water partition coefficient (Wildman–Crippen LogP) is 2.44. The summed E-state index contributed by atoms with van der Waals surface area (Å²) in [5.74, 6) is 0.549. The van der Waals surface area contributed by atoms with E-state index in [-0.39, 0.29) is 17.6 Å². The Bertz CT molecular complexity index is 342. The first-order valence-corrected chi connectivity index (χ1v) is 8.97. The van der Waals surface area contributed by atoms with Crippen molar-refractivity contribution in [3.63, 3.8) is 0 Å². The second kappa shape index (κ2) is 10.3. The van der Waals surface area contributed by atoms with Gasteiger partial charge in [0.15, 0.2) is 0 Å². The van der Waals surface area contributed by atoms with E-state index < -0.39 is 0 Å². The van der Waals surface area contributed by atoms with E-state index in [9.17, 15) is 4.79 Å². The average molecular weight is 328 g/mol. The van der Waals surface area contributed by atoms with E-state index in [2.05, 4.69) is 45.0 Å². The van der Waals surface area contributed by atoms with E-state index >= 15 is 0 Å². The van der Waals surface area contributed by atoms with Crippen LogP contribution in [0.2, 0.25) is 0 Å². The van der Waals surface area contributed by atoms with Gasteiger partial charge in [0.1, 0.15) is 0 Å². The van der Waals surface area contributed by atoms with Crippen molar-refractivity contribution in [2.45, 2.75) is 65.1 Å². The highest BCUT2D eigenvalue weighted by atomic mass is 16.5. The van der Waals surface area contributed by atoms with E-state index in [1.165, 1.54) is 0 Å². The minimum Gasteiger partial charge on any atom is -0.378 e. The fourth-order valence-electron chi connectivity index (χ4n) is 2.60. The molecule has 1 aliphatic heterocycles. The van der Waals surface area contributed by atoms with E-state index in [0.29, 0.717) is 18.9 Å². The lowest BCUT2D eigenvalue weighted by molar-refractivity contribution is -0.124. The third kappa shape index (κ3) is 10.7. The van der Waals surface area contributed by atoms with Crippen molar-refractivity contribution in [3.8, 4) is 0 Å². The van der Waals surface area contributed by atoms with Gasteiger partial charge in [-0.1, -0.05) is 0 Å². The second-order valence-electron chi connectivity index (χ2n) is 7.76. The molecule has 5 nitrogen and oxygen atoms in total. The average Bonchev–Trinajstić information content (AvgIpc) is 2.46. The fraction of sp³-hybridized carbons (Fsp3) is 0.944. The maximum atomic E-state index is 11.3. The van der Waals surface area contributed by atoms with Crippen LogP contribution in [-0.4, -0.2) is 62.4 Å². The van der Waals surface area contributed by atoms with Crippen molar-refractivity contribution in [3.05, 3.63) is 0 Å². The summed E-state index contributed by atoms with van der Waals surface area (Å²) < 4.78 is 11.7. The number of nitrogens with zero attached hydrogens (tertiary/aromatic N) is 1. The van der Waals surface area contributed by atoms with Crippen LogP contribution in [0.25, 0.3) is 0 Å². The minimum absolute atomic E-state index is 0.0447. The van der Waals surface area contributed by atoms with Crippen LogP contribution in [0, 0.1) is 5.92 Å². The Morgan fingerprint density at radius 3 is 2.74 bits per heavy atom. The number of ether oxygens (including phenoxy) is 2.